The minimum atomic E-state index is -3.73. The highest BCUT2D eigenvalue weighted by Gasteiger charge is 2.21. The van der Waals surface area contributed by atoms with Crippen LogP contribution in [0.1, 0.15) is 38.4 Å². The van der Waals surface area contributed by atoms with Crippen LogP contribution in [0.3, 0.4) is 0 Å². The smallest absolute Gasteiger partial charge is 0.355 e. The molecule has 3 heterocycles. The first-order valence-corrected chi connectivity index (χ1v) is 17.1. The van der Waals surface area contributed by atoms with Crippen molar-refractivity contribution in [1.29, 1.82) is 0 Å². The number of hydrogen-bond donors (Lipinski definition) is 2. The maximum absolute atomic E-state index is 13.5. The number of nitrogens with one attached hydrogen (secondary N) is 1. The molecular formula is C35H39N5O5S. The summed E-state index contributed by atoms with van der Waals surface area (Å²) in [6, 6.07) is 22.8. The van der Waals surface area contributed by atoms with Crippen LogP contribution >= 0.6 is 0 Å². The quantitative estimate of drug-likeness (QED) is 0.198. The number of hydrogen-bond acceptors (Lipinski definition) is 8. The Hall–Kier alpha value is -4.29. The van der Waals surface area contributed by atoms with Crippen LogP contribution in [0.4, 0.5) is 5.69 Å². The molecule has 0 radical (unpaired) electrons. The molecule has 46 heavy (non-hydrogen) atoms. The normalized spacial score (nSPS) is 14.2. The maximum Gasteiger partial charge on any atom is 0.355 e. The molecule has 0 aliphatic carbocycles. The van der Waals surface area contributed by atoms with E-state index in [0.29, 0.717) is 42.5 Å². The first-order chi connectivity index (χ1) is 22.2. The molecule has 1 aliphatic rings. The molecule has 1 aliphatic heterocycles. The van der Waals surface area contributed by atoms with E-state index in [-0.39, 0.29) is 25.4 Å². The molecule has 2 aromatic heterocycles. The van der Waals surface area contributed by atoms with E-state index in [1.165, 1.54) is 0 Å². The Balaban J connectivity index is 1.34. The molecule has 5 aromatic rings. The Morgan fingerprint density at radius 3 is 2.50 bits per heavy atom. The monoisotopic (exact) mass is 641 g/mol. The standard InChI is InChI=1S/C35H39N5O5S/c1-24-6-5-7-25(2)32(24)23-46(42,43)38-30-18-26-8-3-4-9-31(26)28(19-30)22-40-33(20-27-10-11-29(21-36)37-34(27)40)35(41)45-17-14-39-12-15-44-16-13-39/h3-11,18-20,38H,12-17,21-23,36H2,1-2H3. The molecule has 6 rings (SSSR count). The molecule has 0 amide bonds. The number of benzene rings is 3. The fourth-order valence-corrected chi connectivity index (χ4v) is 7.39. The average Bonchev–Trinajstić information content (AvgIpc) is 3.40. The van der Waals surface area contributed by atoms with Gasteiger partial charge in [-0.05, 0) is 77.2 Å². The number of rotatable bonds is 11. The minimum absolute atomic E-state index is 0.137. The Morgan fingerprint density at radius 2 is 1.74 bits per heavy atom. The van der Waals surface area contributed by atoms with Gasteiger partial charge in [0, 0.05) is 37.3 Å². The Kier molecular flexibility index (Phi) is 9.37. The molecule has 1 saturated heterocycles. The molecular weight excluding hydrogens is 602 g/mol. The second kappa shape index (κ2) is 13.6. The summed E-state index contributed by atoms with van der Waals surface area (Å²) < 4.78 is 42.7. The summed E-state index contributed by atoms with van der Waals surface area (Å²) in [4.78, 5) is 20.5. The van der Waals surface area contributed by atoms with Crippen molar-refractivity contribution in [3.63, 3.8) is 0 Å². The zero-order valence-electron chi connectivity index (χ0n) is 26.2. The summed E-state index contributed by atoms with van der Waals surface area (Å²) >= 11 is 0. The molecule has 11 heteroatoms. The summed E-state index contributed by atoms with van der Waals surface area (Å²) in [7, 11) is -3.73. The number of aryl methyl sites for hydroxylation is 2. The van der Waals surface area contributed by atoms with Gasteiger partial charge in [-0.3, -0.25) is 9.62 Å². The molecule has 0 atom stereocenters. The van der Waals surface area contributed by atoms with Gasteiger partial charge in [0.1, 0.15) is 17.9 Å². The highest BCUT2D eigenvalue weighted by atomic mass is 32.2. The van der Waals surface area contributed by atoms with Crippen molar-refractivity contribution in [1.82, 2.24) is 14.5 Å². The largest absolute Gasteiger partial charge is 0.460 e. The van der Waals surface area contributed by atoms with Crippen LogP contribution in [0.25, 0.3) is 21.8 Å². The van der Waals surface area contributed by atoms with Crippen molar-refractivity contribution in [3.8, 4) is 0 Å². The Labute approximate surface area is 269 Å². The number of nitrogens with zero attached hydrogens (tertiary/aromatic N) is 3. The van der Waals surface area contributed by atoms with E-state index in [4.69, 9.17) is 20.2 Å². The van der Waals surface area contributed by atoms with Crippen molar-refractivity contribution in [2.75, 3.05) is 44.2 Å². The average molecular weight is 642 g/mol. The molecule has 0 bridgehead atoms. The molecule has 3 N–H and O–H groups in total. The summed E-state index contributed by atoms with van der Waals surface area (Å²) in [5, 5.41) is 2.59. The zero-order valence-corrected chi connectivity index (χ0v) is 27.0. The predicted molar refractivity (Wildman–Crippen MR) is 180 cm³/mol. The van der Waals surface area contributed by atoms with Crippen molar-refractivity contribution in [2.24, 2.45) is 5.73 Å². The van der Waals surface area contributed by atoms with Gasteiger partial charge in [-0.25, -0.2) is 18.2 Å². The number of aromatic nitrogens is 2. The topological polar surface area (TPSA) is 129 Å². The lowest BCUT2D eigenvalue weighted by atomic mass is 10.0. The minimum Gasteiger partial charge on any atom is -0.460 e. The van der Waals surface area contributed by atoms with Gasteiger partial charge in [-0.15, -0.1) is 0 Å². The van der Waals surface area contributed by atoms with E-state index >= 15 is 0 Å². The number of sulfonamides is 1. The van der Waals surface area contributed by atoms with Crippen LogP contribution in [0, 0.1) is 13.8 Å². The van der Waals surface area contributed by atoms with Crippen LogP contribution in [0.5, 0.6) is 0 Å². The molecule has 0 unspecified atom stereocenters. The van der Waals surface area contributed by atoms with Gasteiger partial charge < -0.3 is 19.8 Å². The van der Waals surface area contributed by atoms with E-state index < -0.39 is 16.0 Å². The lowest BCUT2D eigenvalue weighted by Crippen LogP contribution is -2.38. The Bertz CT molecular complexity index is 1980. The third-order valence-electron chi connectivity index (χ3n) is 8.49. The molecule has 3 aromatic carbocycles. The lowest BCUT2D eigenvalue weighted by Gasteiger charge is -2.26. The van der Waals surface area contributed by atoms with E-state index in [1.54, 1.807) is 6.07 Å². The molecule has 10 nitrogen and oxygen atoms in total. The van der Waals surface area contributed by atoms with Gasteiger partial charge in [-0.1, -0.05) is 42.5 Å². The van der Waals surface area contributed by atoms with Gasteiger partial charge in [0.05, 0.1) is 31.2 Å². The van der Waals surface area contributed by atoms with Crippen LogP contribution in [-0.2, 0) is 38.3 Å². The fraction of sp³-hybridized carbons (Fsp3) is 0.314. The molecule has 1 fully saturated rings. The second-order valence-electron chi connectivity index (χ2n) is 11.7. The van der Waals surface area contributed by atoms with Gasteiger partial charge in [-0.2, -0.15) is 0 Å². The highest BCUT2D eigenvalue weighted by molar-refractivity contribution is 7.91. The maximum atomic E-state index is 13.5. The third kappa shape index (κ3) is 7.07. The van der Waals surface area contributed by atoms with E-state index in [0.717, 1.165) is 51.5 Å². The second-order valence-corrected chi connectivity index (χ2v) is 13.4. The van der Waals surface area contributed by atoms with Crippen molar-refractivity contribution < 1.29 is 22.7 Å². The number of fused-ring (bicyclic) bond motifs is 2. The van der Waals surface area contributed by atoms with E-state index in [2.05, 4.69) is 9.62 Å². The number of nitrogens with two attached hydrogens (primary N) is 1. The number of carbonyl (C=O) groups excluding carboxylic acids is 1. The number of ether oxygens (including phenoxy) is 2. The lowest BCUT2D eigenvalue weighted by molar-refractivity contribution is 0.0191. The van der Waals surface area contributed by atoms with Crippen LogP contribution < -0.4 is 10.5 Å². The first kappa shape index (κ1) is 31.7. The number of carbonyl (C=O) groups is 1. The van der Waals surface area contributed by atoms with Gasteiger partial charge >= 0.3 is 5.97 Å². The summed E-state index contributed by atoms with van der Waals surface area (Å²) in [5.74, 6) is -0.586. The highest BCUT2D eigenvalue weighted by Crippen LogP contribution is 2.29. The van der Waals surface area contributed by atoms with Gasteiger partial charge in [0.25, 0.3) is 0 Å². The van der Waals surface area contributed by atoms with Gasteiger partial charge in [0.15, 0.2) is 0 Å². The predicted octanol–water partition coefficient (Wildman–Crippen LogP) is 4.74. The van der Waals surface area contributed by atoms with Crippen molar-refractivity contribution in [3.05, 3.63) is 106 Å². The number of morpholine rings is 1. The van der Waals surface area contributed by atoms with Crippen LogP contribution in [-0.4, -0.2) is 68.3 Å². The van der Waals surface area contributed by atoms with E-state index in [9.17, 15) is 13.2 Å². The summed E-state index contributed by atoms with van der Waals surface area (Å²) in [5.41, 5.74) is 11.5. The van der Waals surface area contributed by atoms with Crippen molar-refractivity contribution >= 4 is 43.5 Å². The number of pyridine rings is 1. The van der Waals surface area contributed by atoms with Gasteiger partial charge in [0.2, 0.25) is 10.0 Å². The summed E-state index contributed by atoms with van der Waals surface area (Å²) in [6.45, 7) is 8.18. The first-order valence-electron chi connectivity index (χ1n) is 15.4. The molecule has 240 valence electrons. The molecule has 0 saturated carbocycles. The summed E-state index contributed by atoms with van der Waals surface area (Å²) in [6.07, 6.45) is 0. The molecule has 0 spiro atoms. The van der Waals surface area contributed by atoms with Crippen molar-refractivity contribution in [2.45, 2.75) is 32.7 Å². The Morgan fingerprint density at radius 1 is 0.978 bits per heavy atom. The number of esters is 1. The number of anilines is 1. The SMILES string of the molecule is Cc1cccc(C)c1CS(=O)(=O)Nc1cc(Cn2c(C(=O)OCCN3CCOCC3)cc3ccc(CN)nc32)c2ccccc2c1. The van der Waals surface area contributed by atoms with Crippen LogP contribution in [0.2, 0.25) is 0 Å². The zero-order chi connectivity index (χ0) is 32.3. The fourth-order valence-electron chi connectivity index (χ4n) is 6.01. The third-order valence-corrected chi connectivity index (χ3v) is 9.71. The van der Waals surface area contributed by atoms with Crippen LogP contribution in [0.15, 0.2) is 72.8 Å². The van der Waals surface area contributed by atoms with E-state index in [1.807, 2.05) is 85.1 Å².